The van der Waals surface area contributed by atoms with E-state index >= 15 is 0 Å². The van der Waals surface area contributed by atoms with Crippen molar-refractivity contribution in [2.75, 3.05) is 5.32 Å². The Bertz CT molecular complexity index is 1160. The Hall–Kier alpha value is -3.48. The summed E-state index contributed by atoms with van der Waals surface area (Å²) in [6.07, 6.45) is 5.26. The van der Waals surface area contributed by atoms with Gasteiger partial charge in [-0.2, -0.15) is 0 Å². The normalized spacial score (nSPS) is 13.7. The molecule has 0 spiro atoms. The van der Waals surface area contributed by atoms with Crippen LogP contribution in [0.1, 0.15) is 37.4 Å². The number of para-hydroxylation sites is 2. The van der Waals surface area contributed by atoms with E-state index in [9.17, 15) is 4.79 Å². The number of amides is 1. The quantitative estimate of drug-likeness (QED) is 0.536. The number of carbonyl (C=O) groups excluding carboxylic acids is 1. The van der Waals surface area contributed by atoms with Gasteiger partial charge in [0.25, 0.3) is 0 Å². The van der Waals surface area contributed by atoms with Gasteiger partial charge in [0.2, 0.25) is 5.91 Å². The van der Waals surface area contributed by atoms with Crippen LogP contribution in [-0.2, 0) is 24.2 Å². The Morgan fingerprint density at radius 2 is 2.00 bits per heavy atom. The van der Waals surface area contributed by atoms with Crippen molar-refractivity contribution in [3.8, 4) is 11.4 Å². The van der Waals surface area contributed by atoms with Crippen molar-refractivity contribution < 1.29 is 9.21 Å². The van der Waals surface area contributed by atoms with Crippen molar-refractivity contribution in [2.24, 2.45) is 0 Å². The molecule has 5 rings (SSSR count). The molecule has 0 radical (unpaired) electrons. The van der Waals surface area contributed by atoms with Crippen LogP contribution in [0.15, 0.2) is 52.9 Å². The summed E-state index contributed by atoms with van der Waals surface area (Å²) >= 11 is 0. The van der Waals surface area contributed by atoms with Crippen LogP contribution in [0, 0.1) is 0 Å². The minimum atomic E-state index is -0.0746. The van der Waals surface area contributed by atoms with Gasteiger partial charge in [-0.15, -0.1) is 10.2 Å². The van der Waals surface area contributed by atoms with Gasteiger partial charge in [-0.25, -0.2) is 4.98 Å². The number of benzene rings is 2. The minimum absolute atomic E-state index is 0.0746. The van der Waals surface area contributed by atoms with Crippen LogP contribution < -0.4 is 5.32 Å². The lowest BCUT2D eigenvalue weighted by Crippen LogP contribution is -2.12. The summed E-state index contributed by atoms with van der Waals surface area (Å²) in [7, 11) is 0. The second kappa shape index (κ2) is 8.10. The van der Waals surface area contributed by atoms with Crippen LogP contribution in [0.4, 0.5) is 5.69 Å². The highest BCUT2D eigenvalue weighted by Crippen LogP contribution is 2.25. The first kappa shape index (κ1) is 18.5. The lowest BCUT2D eigenvalue weighted by atomic mass is 10.1. The van der Waals surface area contributed by atoms with Gasteiger partial charge in [-0.1, -0.05) is 30.7 Å². The molecule has 0 saturated carbocycles. The molecule has 7 nitrogen and oxygen atoms in total. The van der Waals surface area contributed by atoms with E-state index in [4.69, 9.17) is 4.42 Å². The topological polar surface area (TPSA) is 85.8 Å². The number of nitrogens with zero attached hydrogens (tertiary/aromatic N) is 4. The standard InChI is InChI=1S/C23H23N5O2/c29-21(12-13-22-25-18-9-3-4-10-19(18)30-22)24-17-8-6-7-16(15-17)23-27-26-20-11-2-1-5-14-28(20)23/h3-4,6-10,15H,1-2,5,11-14H2,(H,24,29). The number of carbonyl (C=O) groups is 1. The van der Waals surface area contributed by atoms with Crippen molar-refractivity contribution in [3.63, 3.8) is 0 Å². The maximum Gasteiger partial charge on any atom is 0.224 e. The summed E-state index contributed by atoms with van der Waals surface area (Å²) in [6.45, 7) is 0.943. The summed E-state index contributed by atoms with van der Waals surface area (Å²) in [6, 6.07) is 15.4. The van der Waals surface area contributed by atoms with E-state index in [2.05, 4.69) is 25.1 Å². The number of hydrogen-bond donors (Lipinski definition) is 1. The number of nitrogens with one attached hydrogen (secondary N) is 1. The van der Waals surface area contributed by atoms with E-state index in [0.29, 0.717) is 18.7 Å². The molecule has 0 unspecified atom stereocenters. The molecule has 0 bridgehead atoms. The molecule has 1 aliphatic heterocycles. The number of aryl methyl sites for hydroxylation is 2. The van der Waals surface area contributed by atoms with Crippen LogP contribution in [0.2, 0.25) is 0 Å². The summed E-state index contributed by atoms with van der Waals surface area (Å²) in [5.41, 5.74) is 3.27. The molecule has 0 saturated heterocycles. The SMILES string of the molecule is O=C(CCc1nc2ccccc2o1)Nc1cccc(-c2nnc3n2CCCCC3)c1. The third kappa shape index (κ3) is 3.83. The van der Waals surface area contributed by atoms with Crippen molar-refractivity contribution in [2.45, 2.75) is 45.1 Å². The van der Waals surface area contributed by atoms with Gasteiger partial charge >= 0.3 is 0 Å². The number of fused-ring (bicyclic) bond motifs is 2. The largest absolute Gasteiger partial charge is 0.441 e. The Kier molecular flexibility index (Phi) is 5.01. The van der Waals surface area contributed by atoms with E-state index in [-0.39, 0.29) is 5.91 Å². The smallest absolute Gasteiger partial charge is 0.224 e. The number of anilines is 1. The molecular formula is C23H23N5O2. The van der Waals surface area contributed by atoms with Gasteiger partial charge in [0, 0.05) is 37.1 Å². The first-order valence-electron chi connectivity index (χ1n) is 10.4. The molecule has 3 heterocycles. The molecule has 1 amide bonds. The fraction of sp³-hybridized carbons (Fsp3) is 0.304. The maximum absolute atomic E-state index is 12.5. The summed E-state index contributed by atoms with van der Waals surface area (Å²) in [4.78, 5) is 16.9. The Morgan fingerprint density at radius 1 is 1.07 bits per heavy atom. The molecule has 30 heavy (non-hydrogen) atoms. The molecule has 152 valence electrons. The van der Waals surface area contributed by atoms with E-state index in [1.165, 1.54) is 6.42 Å². The van der Waals surface area contributed by atoms with Crippen molar-refractivity contribution in [3.05, 3.63) is 60.2 Å². The molecule has 7 heteroatoms. The van der Waals surface area contributed by atoms with E-state index in [1.54, 1.807) is 0 Å². The average molecular weight is 401 g/mol. The molecule has 0 aliphatic carbocycles. The van der Waals surface area contributed by atoms with E-state index in [0.717, 1.165) is 59.8 Å². The van der Waals surface area contributed by atoms with Crippen molar-refractivity contribution in [1.29, 1.82) is 0 Å². The molecule has 4 aromatic rings. The minimum Gasteiger partial charge on any atom is -0.441 e. The Morgan fingerprint density at radius 3 is 2.93 bits per heavy atom. The van der Waals surface area contributed by atoms with Crippen LogP contribution in [0.5, 0.6) is 0 Å². The zero-order valence-corrected chi connectivity index (χ0v) is 16.7. The molecule has 1 aliphatic rings. The summed E-state index contributed by atoms with van der Waals surface area (Å²) < 4.78 is 7.90. The van der Waals surface area contributed by atoms with Crippen LogP contribution >= 0.6 is 0 Å². The molecule has 0 atom stereocenters. The van der Waals surface area contributed by atoms with Gasteiger partial charge in [0.15, 0.2) is 17.3 Å². The first-order valence-corrected chi connectivity index (χ1v) is 10.4. The average Bonchev–Trinajstić information content (AvgIpc) is 3.29. The number of oxazole rings is 1. The fourth-order valence-corrected chi connectivity index (χ4v) is 3.91. The third-order valence-corrected chi connectivity index (χ3v) is 5.42. The highest BCUT2D eigenvalue weighted by molar-refractivity contribution is 5.91. The van der Waals surface area contributed by atoms with Gasteiger partial charge in [0.05, 0.1) is 0 Å². The van der Waals surface area contributed by atoms with Crippen LogP contribution in [0.3, 0.4) is 0 Å². The zero-order valence-electron chi connectivity index (χ0n) is 16.7. The van der Waals surface area contributed by atoms with Crippen LogP contribution in [-0.4, -0.2) is 25.7 Å². The van der Waals surface area contributed by atoms with Gasteiger partial charge in [-0.05, 0) is 37.1 Å². The van der Waals surface area contributed by atoms with Crippen molar-refractivity contribution >= 4 is 22.7 Å². The highest BCUT2D eigenvalue weighted by Gasteiger charge is 2.16. The first-order chi connectivity index (χ1) is 14.8. The third-order valence-electron chi connectivity index (χ3n) is 5.42. The number of hydrogen-bond acceptors (Lipinski definition) is 5. The predicted molar refractivity (Wildman–Crippen MR) is 114 cm³/mol. The lowest BCUT2D eigenvalue weighted by Gasteiger charge is -2.09. The van der Waals surface area contributed by atoms with E-state index < -0.39 is 0 Å². The zero-order chi connectivity index (χ0) is 20.3. The maximum atomic E-state index is 12.5. The second-order valence-corrected chi connectivity index (χ2v) is 7.61. The molecule has 2 aromatic heterocycles. The Balaban J connectivity index is 1.26. The summed E-state index contributed by atoms with van der Waals surface area (Å²) in [5, 5.41) is 11.8. The second-order valence-electron chi connectivity index (χ2n) is 7.61. The predicted octanol–water partition coefficient (Wildman–Crippen LogP) is 4.38. The van der Waals surface area contributed by atoms with Crippen molar-refractivity contribution in [1.82, 2.24) is 19.7 Å². The monoisotopic (exact) mass is 401 g/mol. The Labute approximate surface area is 174 Å². The molecule has 0 fully saturated rings. The van der Waals surface area contributed by atoms with E-state index in [1.807, 2.05) is 48.5 Å². The fourth-order valence-electron chi connectivity index (χ4n) is 3.91. The highest BCUT2D eigenvalue weighted by atomic mass is 16.3. The number of aromatic nitrogens is 4. The van der Waals surface area contributed by atoms with Gasteiger partial charge in [-0.3, -0.25) is 4.79 Å². The van der Waals surface area contributed by atoms with Gasteiger partial charge in [0.1, 0.15) is 11.3 Å². The summed E-state index contributed by atoms with van der Waals surface area (Å²) in [5.74, 6) is 2.42. The van der Waals surface area contributed by atoms with Crippen LogP contribution in [0.25, 0.3) is 22.5 Å². The molecular weight excluding hydrogens is 378 g/mol. The number of rotatable bonds is 5. The molecule has 1 N–H and O–H groups in total. The lowest BCUT2D eigenvalue weighted by molar-refractivity contribution is -0.116. The van der Waals surface area contributed by atoms with Gasteiger partial charge < -0.3 is 14.3 Å². The molecule has 2 aromatic carbocycles.